The van der Waals surface area contributed by atoms with Crippen LogP contribution in [0.2, 0.25) is 0 Å². The first kappa shape index (κ1) is 15.0. The molecule has 5 nitrogen and oxygen atoms in total. The molecule has 0 bridgehead atoms. The van der Waals surface area contributed by atoms with Crippen LogP contribution >= 0.6 is 0 Å². The zero-order chi connectivity index (χ0) is 15.9. The molecule has 3 rings (SSSR count). The van der Waals surface area contributed by atoms with Crippen molar-refractivity contribution in [2.45, 2.75) is 45.7 Å². The second-order valence-corrected chi connectivity index (χ2v) is 6.52. The Morgan fingerprint density at radius 3 is 2.50 bits per heavy atom. The van der Waals surface area contributed by atoms with Crippen LogP contribution in [0, 0.1) is 6.92 Å². The van der Waals surface area contributed by atoms with E-state index < -0.39 is 0 Å². The Bertz CT molecular complexity index is 796. The predicted molar refractivity (Wildman–Crippen MR) is 88.5 cm³/mol. The lowest BCUT2D eigenvalue weighted by atomic mass is 10.0. The first-order chi connectivity index (χ1) is 10.5. The van der Waals surface area contributed by atoms with Crippen LogP contribution in [0.25, 0.3) is 10.9 Å². The molecule has 1 N–H and O–H groups in total. The van der Waals surface area contributed by atoms with Crippen LogP contribution in [0.4, 0.5) is 0 Å². The number of likely N-dealkylation sites (tertiary alicyclic amines) is 1. The number of benzene rings is 1. The summed E-state index contributed by atoms with van der Waals surface area (Å²) in [6.07, 6.45) is 1.69. The standard InChI is InChI=1S/C17H23N3O2/c1-11(2)19-8-6-13(7-9-19)20-16(21)14-5-4-12(3)10-15(14)18-17(20)22/h4-5,10-11,13H,6-9H2,1-3H3,(H,18,22). The summed E-state index contributed by atoms with van der Waals surface area (Å²) >= 11 is 0. The lowest BCUT2D eigenvalue weighted by Gasteiger charge is -2.34. The van der Waals surface area contributed by atoms with Crippen molar-refractivity contribution < 1.29 is 0 Å². The Morgan fingerprint density at radius 2 is 1.86 bits per heavy atom. The second kappa shape index (κ2) is 5.72. The van der Waals surface area contributed by atoms with E-state index in [1.165, 1.54) is 4.57 Å². The summed E-state index contributed by atoms with van der Waals surface area (Å²) in [5.74, 6) is 0. The quantitative estimate of drug-likeness (QED) is 0.923. The minimum absolute atomic E-state index is 0.00282. The molecule has 1 fully saturated rings. The number of aromatic amines is 1. The van der Waals surface area contributed by atoms with Gasteiger partial charge < -0.3 is 9.88 Å². The Morgan fingerprint density at radius 1 is 1.18 bits per heavy atom. The third-order valence-electron chi connectivity index (χ3n) is 4.68. The third kappa shape index (κ3) is 2.61. The molecular weight excluding hydrogens is 278 g/mol. The molecule has 0 radical (unpaired) electrons. The van der Waals surface area contributed by atoms with Crippen LogP contribution in [0.15, 0.2) is 27.8 Å². The van der Waals surface area contributed by atoms with Gasteiger partial charge in [-0.1, -0.05) is 6.07 Å². The van der Waals surface area contributed by atoms with Gasteiger partial charge >= 0.3 is 5.69 Å². The Kier molecular flexibility index (Phi) is 3.91. The molecule has 1 aromatic heterocycles. The summed E-state index contributed by atoms with van der Waals surface area (Å²) < 4.78 is 1.43. The van der Waals surface area contributed by atoms with Gasteiger partial charge in [0.05, 0.1) is 10.9 Å². The van der Waals surface area contributed by atoms with E-state index in [0.29, 0.717) is 16.9 Å². The highest BCUT2D eigenvalue weighted by Gasteiger charge is 2.24. The van der Waals surface area contributed by atoms with Gasteiger partial charge in [-0.25, -0.2) is 4.79 Å². The molecule has 5 heteroatoms. The van der Waals surface area contributed by atoms with E-state index >= 15 is 0 Å². The van der Waals surface area contributed by atoms with Crippen molar-refractivity contribution >= 4 is 10.9 Å². The van der Waals surface area contributed by atoms with Crippen molar-refractivity contribution in [2.24, 2.45) is 0 Å². The largest absolute Gasteiger partial charge is 0.329 e. The summed E-state index contributed by atoms with van der Waals surface area (Å²) in [6, 6.07) is 6.08. The van der Waals surface area contributed by atoms with Crippen molar-refractivity contribution in [1.82, 2.24) is 14.5 Å². The van der Waals surface area contributed by atoms with E-state index in [2.05, 4.69) is 23.7 Å². The number of rotatable bonds is 2. The fourth-order valence-electron chi connectivity index (χ4n) is 3.34. The molecule has 1 saturated heterocycles. The zero-order valence-electron chi connectivity index (χ0n) is 13.4. The zero-order valence-corrected chi connectivity index (χ0v) is 13.4. The van der Waals surface area contributed by atoms with E-state index in [0.717, 1.165) is 31.5 Å². The molecule has 0 saturated carbocycles. The molecule has 2 aromatic rings. The lowest BCUT2D eigenvalue weighted by Crippen LogP contribution is -2.45. The van der Waals surface area contributed by atoms with Gasteiger partial charge in [0.2, 0.25) is 0 Å². The highest BCUT2D eigenvalue weighted by atomic mass is 16.2. The number of hydrogen-bond donors (Lipinski definition) is 1. The molecule has 0 unspecified atom stereocenters. The number of piperidine rings is 1. The van der Waals surface area contributed by atoms with Gasteiger partial charge in [-0.15, -0.1) is 0 Å². The van der Waals surface area contributed by atoms with E-state index in [1.54, 1.807) is 0 Å². The highest BCUT2D eigenvalue weighted by Crippen LogP contribution is 2.21. The van der Waals surface area contributed by atoms with Crippen LogP contribution in [-0.4, -0.2) is 33.6 Å². The molecule has 1 aliphatic rings. The lowest BCUT2D eigenvalue weighted by molar-refractivity contribution is 0.149. The number of aryl methyl sites for hydroxylation is 1. The summed E-state index contributed by atoms with van der Waals surface area (Å²) in [5, 5.41) is 0.594. The fourth-order valence-corrected chi connectivity index (χ4v) is 3.34. The first-order valence-corrected chi connectivity index (χ1v) is 7.96. The average Bonchev–Trinajstić information content (AvgIpc) is 2.47. The minimum atomic E-state index is -0.286. The van der Waals surface area contributed by atoms with Gasteiger partial charge in [0.1, 0.15) is 0 Å². The molecule has 0 spiro atoms. The van der Waals surface area contributed by atoms with Crippen molar-refractivity contribution in [3.8, 4) is 0 Å². The smallest absolute Gasteiger partial charge is 0.307 e. The van der Waals surface area contributed by atoms with Gasteiger partial charge in [-0.05, 0) is 51.3 Å². The number of nitrogens with one attached hydrogen (secondary N) is 1. The molecule has 0 atom stereocenters. The molecule has 0 aliphatic carbocycles. The topological polar surface area (TPSA) is 58.1 Å². The van der Waals surface area contributed by atoms with Crippen LogP contribution in [0.1, 0.15) is 38.3 Å². The highest BCUT2D eigenvalue weighted by molar-refractivity contribution is 5.77. The molecule has 118 valence electrons. The van der Waals surface area contributed by atoms with Crippen molar-refractivity contribution in [1.29, 1.82) is 0 Å². The third-order valence-corrected chi connectivity index (χ3v) is 4.68. The van der Waals surface area contributed by atoms with E-state index in [9.17, 15) is 9.59 Å². The summed E-state index contributed by atoms with van der Waals surface area (Å²) in [5.41, 5.74) is 1.21. The Hall–Kier alpha value is -1.88. The number of H-pyrrole nitrogens is 1. The van der Waals surface area contributed by atoms with Gasteiger partial charge in [0.15, 0.2) is 0 Å². The van der Waals surface area contributed by atoms with Crippen molar-refractivity contribution in [3.63, 3.8) is 0 Å². The van der Waals surface area contributed by atoms with Gasteiger partial charge in [-0.3, -0.25) is 9.36 Å². The normalized spacial score (nSPS) is 17.5. The maximum Gasteiger partial charge on any atom is 0.329 e. The van der Waals surface area contributed by atoms with Gasteiger partial charge in [0.25, 0.3) is 5.56 Å². The summed E-state index contributed by atoms with van der Waals surface area (Å²) in [4.78, 5) is 30.3. The summed E-state index contributed by atoms with van der Waals surface area (Å²) in [7, 11) is 0. The van der Waals surface area contributed by atoms with Gasteiger partial charge in [-0.2, -0.15) is 0 Å². The number of hydrogen-bond acceptors (Lipinski definition) is 3. The molecule has 22 heavy (non-hydrogen) atoms. The fraction of sp³-hybridized carbons (Fsp3) is 0.529. The Balaban J connectivity index is 2.00. The number of fused-ring (bicyclic) bond motifs is 1. The van der Waals surface area contributed by atoms with Gasteiger partial charge in [0, 0.05) is 25.2 Å². The van der Waals surface area contributed by atoms with E-state index in [4.69, 9.17) is 0 Å². The first-order valence-electron chi connectivity index (χ1n) is 7.96. The molecule has 1 aliphatic heterocycles. The summed E-state index contributed by atoms with van der Waals surface area (Å²) in [6.45, 7) is 8.17. The molecule has 2 heterocycles. The molecular formula is C17H23N3O2. The Labute approximate surface area is 129 Å². The average molecular weight is 301 g/mol. The maximum absolute atomic E-state index is 12.7. The van der Waals surface area contributed by atoms with E-state index in [1.807, 2.05) is 25.1 Å². The minimum Gasteiger partial charge on any atom is -0.307 e. The van der Waals surface area contributed by atoms with Crippen LogP contribution in [0.3, 0.4) is 0 Å². The van der Waals surface area contributed by atoms with Crippen LogP contribution in [-0.2, 0) is 0 Å². The maximum atomic E-state index is 12.7. The van der Waals surface area contributed by atoms with E-state index in [-0.39, 0.29) is 17.3 Å². The van der Waals surface area contributed by atoms with Crippen LogP contribution < -0.4 is 11.2 Å². The predicted octanol–water partition coefficient (Wildman–Crippen LogP) is 2.04. The molecule has 0 amide bonds. The van der Waals surface area contributed by atoms with Crippen LogP contribution in [0.5, 0.6) is 0 Å². The number of nitrogens with zero attached hydrogens (tertiary/aromatic N) is 2. The SMILES string of the molecule is Cc1ccc2c(=O)n(C3CCN(C(C)C)CC3)c(=O)[nH]c2c1. The van der Waals surface area contributed by atoms with Crippen molar-refractivity contribution in [3.05, 3.63) is 44.6 Å². The van der Waals surface area contributed by atoms with Crippen molar-refractivity contribution in [2.75, 3.05) is 13.1 Å². The molecule has 1 aromatic carbocycles. The second-order valence-electron chi connectivity index (χ2n) is 6.52. The number of aromatic nitrogens is 2. The monoisotopic (exact) mass is 301 g/mol.